The average molecular weight is 496 g/mol. The van der Waals surface area contributed by atoms with Gasteiger partial charge in [0, 0.05) is 0 Å². The average Bonchev–Trinajstić information content (AvgIpc) is 2.65. The van der Waals surface area contributed by atoms with E-state index in [1.54, 1.807) is 0 Å². The van der Waals surface area contributed by atoms with Crippen molar-refractivity contribution < 1.29 is 9.53 Å². The van der Waals surface area contributed by atoms with Gasteiger partial charge in [0.1, 0.15) is 0 Å². The van der Waals surface area contributed by atoms with Gasteiger partial charge in [-0.3, -0.25) is 0 Å². The van der Waals surface area contributed by atoms with Gasteiger partial charge in [-0.1, -0.05) is 0 Å². The first-order valence-electron chi connectivity index (χ1n) is 11.3. The molecule has 0 radical (unpaired) electrons. The first kappa shape index (κ1) is 25.3. The summed E-state index contributed by atoms with van der Waals surface area (Å²) in [4.78, 5) is 12.8. The third-order valence-corrected chi connectivity index (χ3v) is 21.9. The van der Waals surface area contributed by atoms with Crippen LogP contribution in [0.1, 0.15) is 89.7 Å². The standard InChI is InChI=1S/C12H16NO2.3C4H9.Sn/c1-12(2,3)15-11(14)13-9-10-7-5-4-6-8-10;3*1-3-4-2;/h4-9H,1-3H3,(H,13,14);3*1,3-4H2,2H3;. The number of alkyl carbamates (subject to hydrolysis) is 1. The normalized spacial score (nSPS) is 13.2. The van der Waals surface area contributed by atoms with Gasteiger partial charge in [0.15, 0.2) is 0 Å². The summed E-state index contributed by atoms with van der Waals surface area (Å²) in [5.74, 6) is 0. The number of unbranched alkanes of at least 4 members (excludes halogenated alkanes) is 3. The van der Waals surface area contributed by atoms with Crippen LogP contribution in [0.4, 0.5) is 4.79 Å². The van der Waals surface area contributed by atoms with Crippen molar-refractivity contribution in [2.75, 3.05) is 0 Å². The van der Waals surface area contributed by atoms with Crippen molar-refractivity contribution in [1.82, 2.24) is 5.32 Å². The third kappa shape index (κ3) is 8.75. The number of amides is 1. The van der Waals surface area contributed by atoms with Crippen LogP contribution in [0.2, 0.25) is 13.3 Å². The molecule has 1 unspecified atom stereocenters. The molecule has 0 aliphatic rings. The number of hydrogen-bond acceptors (Lipinski definition) is 2. The quantitative estimate of drug-likeness (QED) is 0.302. The van der Waals surface area contributed by atoms with Crippen molar-refractivity contribution in [3.8, 4) is 0 Å². The number of hydrogen-bond donors (Lipinski definition) is 1. The van der Waals surface area contributed by atoms with Crippen molar-refractivity contribution in [2.45, 2.75) is 103 Å². The van der Waals surface area contributed by atoms with Gasteiger partial charge in [-0.15, -0.1) is 0 Å². The van der Waals surface area contributed by atoms with E-state index in [-0.39, 0.29) is 10.2 Å². The van der Waals surface area contributed by atoms with E-state index in [2.05, 4.69) is 56.4 Å². The van der Waals surface area contributed by atoms with Crippen LogP contribution in [-0.2, 0) is 4.74 Å². The molecule has 0 aliphatic carbocycles. The van der Waals surface area contributed by atoms with E-state index in [9.17, 15) is 4.79 Å². The topological polar surface area (TPSA) is 38.3 Å². The molecule has 1 N–H and O–H groups in total. The first-order valence-corrected chi connectivity index (χ1v) is 19.0. The molecule has 0 bridgehead atoms. The predicted octanol–water partition coefficient (Wildman–Crippen LogP) is 7.64. The minimum absolute atomic E-state index is 0.190. The van der Waals surface area contributed by atoms with E-state index in [0.717, 1.165) is 0 Å². The Morgan fingerprint density at radius 1 is 0.929 bits per heavy atom. The van der Waals surface area contributed by atoms with Crippen LogP contribution in [-0.4, -0.2) is 30.1 Å². The molecule has 0 spiro atoms. The van der Waals surface area contributed by atoms with E-state index in [0.29, 0.717) is 0 Å². The van der Waals surface area contributed by atoms with Crippen molar-refractivity contribution in [1.29, 1.82) is 0 Å². The maximum absolute atomic E-state index is 12.8. The molecule has 1 atom stereocenters. The van der Waals surface area contributed by atoms with Gasteiger partial charge < -0.3 is 0 Å². The monoisotopic (exact) mass is 497 g/mol. The van der Waals surface area contributed by atoms with E-state index < -0.39 is 24.0 Å². The summed E-state index contributed by atoms with van der Waals surface area (Å²) in [5.41, 5.74) is 0.812. The Morgan fingerprint density at radius 3 is 1.79 bits per heavy atom. The van der Waals surface area contributed by atoms with E-state index in [1.165, 1.54) is 57.4 Å². The van der Waals surface area contributed by atoms with Crippen molar-refractivity contribution >= 4 is 24.5 Å². The molecule has 160 valence electrons. The summed E-state index contributed by atoms with van der Waals surface area (Å²) in [6.45, 7) is 12.7. The summed E-state index contributed by atoms with van der Waals surface area (Å²) >= 11 is -2.73. The predicted molar refractivity (Wildman–Crippen MR) is 123 cm³/mol. The molecule has 1 aromatic carbocycles. The molecule has 0 aromatic heterocycles. The van der Waals surface area contributed by atoms with Gasteiger partial charge >= 0.3 is 178 Å². The Hall–Kier alpha value is -0.711. The van der Waals surface area contributed by atoms with Crippen LogP contribution in [0.15, 0.2) is 30.3 Å². The van der Waals surface area contributed by atoms with E-state index in [1.807, 2.05) is 20.8 Å². The van der Waals surface area contributed by atoms with Gasteiger partial charge in [-0.05, 0) is 0 Å². The van der Waals surface area contributed by atoms with Crippen molar-refractivity contribution in [2.24, 2.45) is 0 Å². The van der Waals surface area contributed by atoms with Crippen LogP contribution in [0, 0.1) is 0 Å². The van der Waals surface area contributed by atoms with Gasteiger partial charge in [0.05, 0.1) is 0 Å². The van der Waals surface area contributed by atoms with Crippen molar-refractivity contribution in [3.05, 3.63) is 35.9 Å². The first-order chi connectivity index (χ1) is 13.3. The number of nitrogens with one attached hydrogen (secondary N) is 1. The van der Waals surface area contributed by atoms with E-state index >= 15 is 0 Å². The molecule has 0 fully saturated rings. The van der Waals surface area contributed by atoms with Gasteiger partial charge in [-0.25, -0.2) is 0 Å². The number of rotatable bonds is 12. The van der Waals surface area contributed by atoms with E-state index in [4.69, 9.17) is 4.74 Å². The molecule has 1 rings (SSSR count). The Morgan fingerprint density at radius 2 is 1.39 bits per heavy atom. The Labute approximate surface area is 177 Å². The summed E-state index contributed by atoms with van der Waals surface area (Å²) in [5, 5.41) is 3.39. The van der Waals surface area contributed by atoms with Gasteiger partial charge in [0.2, 0.25) is 0 Å². The Balaban J connectivity index is 3.31. The summed E-state index contributed by atoms with van der Waals surface area (Å²) in [6, 6.07) is 10.7. The molecule has 0 heterocycles. The third-order valence-electron chi connectivity index (χ3n) is 5.49. The summed E-state index contributed by atoms with van der Waals surface area (Å²) in [6.07, 6.45) is 7.27. The SMILES string of the molecule is CCC[CH2][Sn]([CH2]CCC)([CH2]CCC)[CH](NC(=O)OC(C)(C)C)c1ccccc1. The Bertz CT molecular complexity index is 532. The molecule has 0 aliphatic heterocycles. The zero-order valence-corrected chi connectivity index (χ0v) is 22.0. The second-order valence-corrected chi connectivity index (χ2v) is 22.9. The van der Waals surface area contributed by atoms with Crippen LogP contribution < -0.4 is 5.32 Å². The minimum atomic E-state index is -2.73. The molecule has 4 heteroatoms. The second-order valence-electron chi connectivity index (χ2n) is 9.16. The van der Waals surface area contributed by atoms with Crippen molar-refractivity contribution in [3.63, 3.8) is 0 Å². The molecular formula is C24H43NO2Sn. The molecule has 0 saturated heterocycles. The molecule has 28 heavy (non-hydrogen) atoms. The zero-order chi connectivity index (χ0) is 21.0. The van der Waals surface area contributed by atoms with Crippen LogP contribution in [0.25, 0.3) is 0 Å². The molecular weight excluding hydrogens is 453 g/mol. The van der Waals surface area contributed by atoms with Crippen LogP contribution >= 0.6 is 0 Å². The fraction of sp³-hybridized carbons (Fsp3) is 0.708. The summed E-state index contributed by atoms with van der Waals surface area (Å²) in [7, 11) is 0. The van der Waals surface area contributed by atoms with Crippen LogP contribution in [0.5, 0.6) is 0 Å². The number of benzene rings is 1. The fourth-order valence-corrected chi connectivity index (χ4v) is 21.5. The maximum atomic E-state index is 12.8. The van der Waals surface area contributed by atoms with Crippen LogP contribution in [0.3, 0.4) is 0 Å². The number of carbonyl (C=O) groups excluding carboxylic acids is 1. The number of ether oxygens (including phenoxy) is 1. The summed E-state index contributed by atoms with van der Waals surface area (Å²) < 4.78 is 9.91. The molecule has 1 aromatic rings. The van der Waals surface area contributed by atoms with Gasteiger partial charge in [0.25, 0.3) is 0 Å². The number of carbonyl (C=O) groups is 1. The zero-order valence-electron chi connectivity index (χ0n) is 19.1. The molecule has 1 amide bonds. The Kier molecular flexibility index (Phi) is 11.5. The fourth-order valence-electron chi connectivity index (χ4n) is 4.06. The molecule has 3 nitrogen and oxygen atoms in total. The molecule has 0 saturated carbocycles. The second kappa shape index (κ2) is 12.8. The van der Waals surface area contributed by atoms with Gasteiger partial charge in [-0.2, -0.15) is 0 Å².